The first-order valence-electron chi connectivity index (χ1n) is 6.22. The van der Waals surface area contributed by atoms with Crippen LogP contribution in [0.1, 0.15) is 38.1 Å². The topological polar surface area (TPSA) is 102 Å². The minimum Gasteiger partial charge on any atom is -0.383 e. The first-order valence-corrected chi connectivity index (χ1v) is 6.22. The number of nitrogens with two attached hydrogens (primary N) is 1. The number of hydrogen-bond donors (Lipinski definition) is 1. The molecule has 110 valence electrons. The van der Waals surface area contributed by atoms with Crippen molar-refractivity contribution in [1.29, 1.82) is 0 Å². The minimum atomic E-state index is -0.601. The average Bonchev–Trinajstić information content (AvgIpc) is 2.35. The Kier molecular flexibility index (Phi) is 4.32. The van der Waals surface area contributed by atoms with Crippen molar-refractivity contribution in [3.8, 4) is 0 Å². The number of rotatable bonds is 3. The van der Waals surface area contributed by atoms with Gasteiger partial charge in [0, 0.05) is 19.2 Å². The predicted molar refractivity (Wildman–Crippen MR) is 76.3 cm³/mol. The van der Waals surface area contributed by atoms with Gasteiger partial charge in [-0.05, 0) is 12.3 Å². The highest BCUT2D eigenvalue weighted by molar-refractivity contribution is 5.98. The fourth-order valence-electron chi connectivity index (χ4n) is 1.68. The van der Waals surface area contributed by atoms with Crippen molar-refractivity contribution in [1.82, 2.24) is 9.88 Å². The van der Waals surface area contributed by atoms with E-state index < -0.39 is 4.92 Å². The molecule has 0 bridgehead atoms. The van der Waals surface area contributed by atoms with Gasteiger partial charge in [0.2, 0.25) is 0 Å². The summed E-state index contributed by atoms with van der Waals surface area (Å²) in [5.41, 5.74) is 5.34. The number of nitrogens with zero attached hydrogens (tertiary/aromatic N) is 3. The van der Waals surface area contributed by atoms with E-state index in [9.17, 15) is 14.9 Å². The molecule has 0 aromatic carbocycles. The zero-order chi connectivity index (χ0) is 15.7. The number of nitro groups is 1. The highest BCUT2D eigenvalue weighted by Crippen LogP contribution is 2.26. The molecule has 1 amide bonds. The second kappa shape index (κ2) is 5.44. The lowest BCUT2D eigenvalue weighted by atomic mass is 9.87. The van der Waals surface area contributed by atoms with E-state index in [0.717, 1.165) is 12.3 Å². The van der Waals surface area contributed by atoms with E-state index in [1.807, 2.05) is 27.7 Å². The van der Waals surface area contributed by atoms with E-state index >= 15 is 0 Å². The van der Waals surface area contributed by atoms with Crippen LogP contribution in [0.15, 0.2) is 12.3 Å². The van der Waals surface area contributed by atoms with Gasteiger partial charge in [-0.15, -0.1) is 0 Å². The summed E-state index contributed by atoms with van der Waals surface area (Å²) in [6.45, 7) is 7.95. The Bertz CT molecular complexity index is 537. The van der Waals surface area contributed by atoms with Gasteiger partial charge >= 0.3 is 0 Å². The lowest BCUT2D eigenvalue weighted by Gasteiger charge is -2.35. The van der Waals surface area contributed by atoms with Gasteiger partial charge in [0.1, 0.15) is 12.0 Å². The SMILES string of the molecule is CC(N(C)C(=O)c1cc([N+](=O)[O-])cnc1N)C(C)(C)C. The van der Waals surface area contributed by atoms with Crippen molar-refractivity contribution in [2.75, 3.05) is 12.8 Å². The zero-order valence-corrected chi connectivity index (χ0v) is 12.4. The molecule has 7 nitrogen and oxygen atoms in total. The maximum Gasteiger partial charge on any atom is 0.288 e. The van der Waals surface area contributed by atoms with E-state index in [4.69, 9.17) is 5.73 Å². The molecule has 0 spiro atoms. The molecule has 2 N–H and O–H groups in total. The molecule has 0 fully saturated rings. The number of pyridine rings is 1. The minimum absolute atomic E-state index is 0.00596. The zero-order valence-electron chi connectivity index (χ0n) is 12.4. The number of nitrogen functional groups attached to an aromatic ring is 1. The van der Waals surface area contributed by atoms with Gasteiger partial charge in [-0.2, -0.15) is 0 Å². The van der Waals surface area contributed by atoms with Crippen LogP contribution in [0, 0.1) is 15.5 Å². The van der Waals surface area contributed by atoms with Crippen LogP contribution < -0.4 is 5.73 Å². The third kappa shape index (κ3) is 3.23. The van der Waals surface area contributed by atoms with Gasteiger partial charge in [-0.3, -0.25) is 14.9 Å². The molecule has 1 rings (SSSR count). The quantitative estimate of drug-likeness (QED) is 0.674. The number of anilines is 1. The summed E-state index contributed by atoms with van der Waals surface area (Å²) in [7, 11) is 1.65. The summed E-state index contributed by atoms with van der Waals surface area (Å²) < 4.78 is 0. The van der Waals surface area contributed by atoms with Gasteiger partial charge in [0.15, 0.2) is 0 Å². The van der Waals surface area contributed by atoms with Crippen LogP contribution in [0.2, 0.25) is 0 Å². The van der Waals surface area contributed by atoms with Crippen LogP contribution >= 0.6 is 0 Å². The van der Waals surface area contributed by atoms with Crippen molar-refractivity contribution >= 4 is 17.4 Å². The molecule has 0 aliphatic rings. The van der Waals surface area contributed by atoms with E-state index in [2.05, 4.69) is 4.98 Å². The summed E-state index contributed by atoms with van der Waals surface area (Å²) in [5, 5.41) is 10.7. The smallest absolute Gasteiger partial charge is 0.288 e. The Balaban J connectivity index is 3.15. The van der Waals surface area contributed by atoms with Crippen molar-refractivity contribution in [2.24, 2.45) is 5.41 Å². The molecule has 0 saturated carbocycles. The van der Waals surface area contributed by atoms with Crippen molar-refractivity contribution in [3.05, 3.63) is 27.9 Å². The summed E-state index contributed by atoms with van der Waals surface area (Å²) in [5.74, 6) is -0.380. The van der Waals surface area contributed by atoms with E-state index in [-0.39, 0.29) is 34.4 Å². The third-order valence-electron chi connectivity index (χ3n) is 3.50. The maximum atomic E-state index is 12.4. The Morgan fingerprint density at radius 3 is 2.50 bits per heavy atom. The number of hydrogen-bond acceptors (Lipinski definition) is 5. The number of carbonyl (C=O) groups is 1. The van der Waals surface area contributed by atoms with Crippen LogP contribution in [-0.4, -0.2) is 33.8 Å². The Hall–Kier alpha value is -2.18. The lowest BCUT2D eigenvalue weighted by molar-refractivity contribution is -0.385. The van der Waals surface area contributed by atoms with E-state index in [1.165, 1.54) is 4.90 Å². The standard InChI is InChI=1S/C13H20N4O3/c1-8(13(2,3)4)16(5)12(18)10-6-9(17(19)20)7-15-11(10)14/h6-8H,1-5H3,(H2,14,15). The predicted octanol–water partition coefficient (Wildman–Crippen LogP) is 2.08. The van der Waals surface area contributed by atoms with Gasteiger partial charge in [0.25, 0.3) is 11.6 Å². The van der Waals surface area contributed by atoms with Gasteiger partial charge < -0.3 is 10.6 Å². The fraction of sp³-hybridized carbons (Fsp3) is 0.538. The molecular formula is C13H20N4O3. The molecule has 1 heterocycles. The second-order valence-electron chi connectivity index (χ2n) is 5.84. The molecule has 1 aromatic rings. The van der Waals surface area contributed by atoms with Crippen LogP contribution in [0.4, 0.5) is 11.5 Å². The van der Waals surface area contributed by atoms with Crippen molar-refractivity contribution < 1.29 is 9.72 Å². The summed E-state index contributed by atoms with van der Waals surface area (Å²) in [6.07, 6.45) is 1.04. The number of amides is 1. The van der Waals surface area contributed by atoms with E-state index in [1.54, 1.807) is 7.05 Å². The highest BCUT2D eigenvalue weighted by atomic mass is 16.6. The normalized spacial score (nSPS) is 12.8. The third-order valence-corrected chi connectivity index (χ3v) is 3.50. The summed E-state index contributed by atoms with van der Waals surface area (Å²) in [6, 6.07) is 1.10. The molecule has 1 unspecified atom stereocenters. The monoisotopic (exact) mass is 280 g/mol. The first kappa shape index (κ1) is 15.9. The van der Waals surface area contributed by atoms with Crippen LogP contribution in [-0.2, 0) is 0 Å². The van der Waals surface area contributed by atoms with Crippen molar-refractivity contribution in [2.45, 2.75) is 33.7 Å². The Morgan fingerprint density at radius 2 is 2.05 bits per heavy atom. The molecule has 20 heavy (non-hydrogen) atoms. The lowest BCUT2D eigenvalue weighted by Crippen LogP contribution is -2.43. The Labute approximate surface area is 117 Å². The summed E-state index contributed by atoms with van der Waals surface area (Å²) >= 11 is 0. The maximum absolute atomic E-state index is 12.4. The van der Waals surface area contributed by atoms with Crippen LogP contribution in [0.3, 0.4) is 0 Å². The molecule has 1 atom stereocenters. The van der Waals surface area contributed by atoms with Gasteiger partial charge in [-0.1, -0.05) is 20.8 Å². The first-order chi connectivity index (χ1) is 9.05. The molecule has 0 radical (unpaired) electrons. The number of aromatic nitrogens is 1. The van der Waals surface area contributed by atoms with Crippen molar-refractivity contribution in [3.63, 3.8) is 0 Å². The molecule has 0 aliphatic heterocycles. The van der Waals surface area contributed by atoms with E-state index in [0.29, 0.717) is 0 Å². The Morgan fingerprint density at radius 1 is 1.50 bits per heavy atom. The molecular weight excluding hydrogens is 260 g/mol. The molecule has 0 saturated heterocycles. The van der Waals surface area contributed by atoms with Gasteiger partial charge in [0.05, 0.1) is 10.5 Å². The van der Waals surface area contributed by atoms with Crippen LogP contribution in [0.25, 0.3) is 0 Å². The fourth-order valence-corrected chi connectivity index (χ4v) is 1.68. The largest absolute Gasteiger partial charge is 0.383 e. The van der Waals surface area contributed by atoms with Gasteiger partial charge in [-0.25, -0.2) is 4.98 Å². The molecule has 1 aromatic heterocycles. The average molecular weight is 280 g/mol. The van der Waals surface area contributed by atoms with Crippen LogP contribution in [0.5, 0.6) is 0 Å². The molecule has 7 heteroatoms. The highest BCUT2D eigenvalue weighted by Gasteiger charge is 2.29. The molecule has 0 aliphatic carbocycles. The number of carbonyl (C=O) groups excluding carboxylic acids is 1. The summed E-state index contributed by atoms with van der Waals surface area (Å²) in [4.78, 5) is 27.8. The second-order valence-corrected chi connectivity index (χ2v) is 5.84.